The van der Waals surface area contributed by atoms with E-state index in [2.05, 4.69) is 34.2 Å². The van der Waals surface area contributed by atoms with Gasteiger partial charge in [0.05, 0.1) is 5.69 Å². The van der Waals surface area contributed by atoms with Crippen LogP contribution in [-0.4, -0.2) is 21.7 Å². The van der Waals surface area contributed by atoms with Crippen LogP contribution in [0.4, 0.5) is 0 Å². The van der Waals surface area contributed by atoms with Gasteiger partial charge < -0.3 is 10.7 Å². The first-order valence-electron chi connectivity index (χ1n) is 6.11. The van der Waals surface area contributed by atoms with E-state index in [-0.39, 0.29) is 0 Å². The number of nitrogens with zero attached hydrogens (tertiary/aromatic N) is 1. The Balaban J connectivity index is 2.15. The van der Waals surface area contributed by atoms with Crippen molar-refractivity contribution in [3.8, 4) is 11.3 Å². The van der Waals surface area contributed by atoms with Crippen LogP contribution < -0.4 is 5.73 Å². The van der Waals surface area contributed by atoms with E-state index in [9.17, 15) is 0 Å². The Morgan fingerprint density at radius 1 is 1.28 bits per heavy atom. The predicted octanol–water partition coefficient (Wildman–Crippen LogP) is 2.37. The van der Waals surface area contributed by atoms with Crippen LogP contribution in [0, 0.1) is 6.92 Å². The molecule has 3 aromatic rings. The highest BCUT2D eigenvalue weighted by molar-refractivity contribution is 5.95. The van der Waals surface area contributed by atoms with Crippen LogP contribution in [0.5, 0.6) is 0 Å². The molecular formula is C14H16N4. The highest BCUT2D eigenvalue weighted by atomic mass is 15.1. The molecule has 0 saturated heterocycles. The summed E-state index contributed by atoms with van der Waals surface area (Å²) in [4.78, 5) is 3.28. The van der Waals surface area contributed by atoms with Gasteiger partial charge in [-0.25, -0.2) is 0 Å². The number of rotatable bonds is 3. The van der Waals surface area contributed by atoms with Crippen LogP contribution in [0.1, 0.15) is 11.3 Å². The molecule has 0 radical (unpaired) electrons. The molecule has 0 amide bonds. The molecule has 1 aromatic carbocycles. The van der Waals surface area contributed by atoms with Gasteiger partial charge >= 0.3 is 0 Å². The summed E-state index contributed by atoms with van der Waals surface area (Å²) >= 11 is 0. The zero-order valence-electron chi connectivity index (χ0n) is 10.3. The standard InChI is InChI=1S/C14H16N4/c1-9-12(6-7-15)17-18-14(9)11-8-16-13-5-3-2-4-10(11)13/h2-5,8,16H,6-7,15H2,1H3,(H,17,18). The van der Waals surface area contributed by atoms with E-state index in [1.165, 1.54) is 10.9 Å². The van der Waals surface area contributed by atoms with Crippen LogP contribution in [0.2, 0.25) is 0 Å². The van der Waals surface area contributed by atoms with Crippen molar-refractivity contribution in [3.05, 3.63) is 41.7 Å². The Morgan fingerprint density at radius 2 is 2.11 bits per heavy atom. The smallest absolute Gasteiger partial charge is 0.0974 e. The normalized spacial score (nSPS) is 11.2. The minimum Gasteiger partial charge on any atom is -0.360 e. The fourth-order valence-corrected chi connectivity index (χ4v) is 2.35. The van der Waals surface area contributed by atoms with E-state index in [0.29, 0.717) is 6.54 Å². The number of para-hydroxylation sites is 1. The number of benzene rings is 1. The largest absolute Gasteiger partial charge is 0.360 e. The number of fused-ring (bicyclic) bond motifs is 1. The van der Waals surface area contributed by atoms with Gasteiger partial charge in [0.15, 0.2) is 0 Å². The monoisotopic (exact) mass is 240 g/mol. The number of H-pyrrole nitrogens is 2. The summed E-state index contributed by atoms with van der Waals surface area (Å²) < 4.78 is 0. The number of aromatic nitrogens is 3. The molecule has 0 bridgehead atoms. The Labute approximate surface area is 105 Å². The van der Waals surface area contributed by atoms with Crippen LogP contribution >= 0.6 is 0 Å². The molecular weight excluding hydrogens is 224 g/mol. The maximum absolute atomic E-state index is 5.59. The summed E-state index contributed by atoms with van der Waals surface area (Å²) in [5.74, 6) is 0. The molecule has 0 saturated carbocycles. The summed E-state index contributed by atoms with van der Waals surface area (Å²) in [5, 5.41) is 8.71. The van der Waals surface area contributed by atoms with Gasteiger partial charge in [-0.1, -0.05) is 18.2 Å². The molecule has 0 spiro atoms. The van der Waals surface area contributed by atoms with Crippen molar-refractivity contribution in [1.29, 1.82) is 0 Å². The van der Waals surface area contributed by atoms with Gasteiger partial charge in [0, 0.05) is 34.8 Å². The second-order valence-corrected chi connectivity index (χ2v) is 4.46. The van der Waals surface area contributed by atoms with Crippen molar-refractivity contribution in [3.63, 3.8) is 0 Å². The minimum atomic E-state index is 0.635. The average Bonchev–Trinajstić information content (AvgIpc) is 2.95. The lowest BCUT2D eigenvalue weighted by Gasteiger charge is -1.98. The minimum absolute atomic E-state index is 0.635. The second kappa shape index (κ2) is 4.31. The van der Waals surface area contributed by atoms with E-state index < -0.39 is 0 Å². The molecule has 4 N–H and O–H groups in total. The summed E-state index contributed by atoms with van der Waals surface area (Å²) in [6.45, 7) is 2.72. The molecule has 4 heteroatoms. The van der Waals surface area contributed by atoms with Crippen molar-refractivity contribution in [2.24, 2.45) is 5.73 Å². The molecule has 0 aliphatic carbocycles. The average molecular weight is 240 g/mol. The lowest BCUT2D eigenvalue weighted by atomic mass is 10.1. The third kappa shape index (κ3) is 1.62. The molecule has 18 heavy (non-hydrogen) atoms. The van der Waals surface area contributed by atoms with Gasteiger partial charge in [0.1, 0.15) is 0 Å². The Bertz CT molecular complexity index is 678. The number of hydrogen-bond donors (Lipinski definition) is 3. The summed E-state index contributed by atoms with van der Waals surface area (Å²) in [5.41, 5.74) is 11.2. The van der Waals surface area contributed by atoms with Crippen molar-refractivity contribution in [2.45, 2.75) is 13.3 Å². The maximum atomic E-state index is 5.59. The highest BCUT2D eigenvalue weighted by Gasteiger charge is 2.13. The molecule has 4 nitrogen and oxygen atoms in total. The predicted molar refractivity (Wildman–Crippen MR) is 73.4 cm³/mol. The van der Waals surface area contributed by atoms with Crippen LogP contribution in [0.25, 0.3) is 22.2 Å². The van der Waals surface area contributed by atoms with Crippen molar-refractivity contribution in [1.82, 2.24) is 15.2 Å². The van der Waals surface area contributed by atoms with Crippen LogP contribution in [0.3, 0.4) is 0 Å². The number of nitrogens with two attached hydrogens (primary N) is 1. The first kappa shape index (κ1) is 11.0. The second-order valence-electron chi connectivity index (χ2n) is 4.46. The molecule has 0 atom stereocenters. The van der Waals surface area contributed by atoms with Crippen molar-refractivity contribution >= 4 is 10.9 Å². The number of nitrogens with one attached hydrogen (secondary N) is 2. The summed E-state index contributed by atoms with van der Waals surface area (Å²) in [7, 11) is 0. The fourth-order valence-electron chi connectivity index (χ4n) is 2.35. The fraction of sp³-hybridized carbons (Fsp3) is 0.214. The Morgan fingerprint density at radius 3 is 2.94 bits per heavy atom. The molecule has 3 rings (SSSR count). The van der Waals surface area contributed by atoms with Gasteiger partial charge in [-0.3, -0.25) is 5.10 Å². The Hall–Kier alpha value is -2.07. The molecule has 92 valence electrons. The van der Waals surface area contributed by atoms with E-state index in [4.69, 9.17) is 5.73 Å². The summed E-state index contributed by atoms with van der Waals surface area (Å²) in [6, 6.07) is 8.25. The highest BCUT2D eigenvalue weighted by Crippen LogP contribution is 2.30. The lowest BCUT2D eigenvalue weighted by molar-refractivity contribution is 0.896. The topological polar surface area (TPSA) is 70.5 Å². The van der Waals surface area contributed by atoms with Gasteiger partial charge in [-0.05, 0) is 25.1 Å². The van der Waals surface area contributed by atoms with Crippen molar-refractivity contribution in [2.75, 3.05) is 6.54 Å². The van der Waals surface area contributed by atoms with Gasteiger partial charge in [-0.15, -0.1) is 0 Å². The zero-order valence-corrected chi connectivity index (χ0v) is 10.3. The Kier molecular flexibility index (Phi) is 2.64. The third-order valence-corrected chi connectivity index (χ3v) is 3.35. The van der Waals surface area contributed by atoms with E-state index >= 15 is 0 Å². The zero-order chi connectivity index (χ0) is 12.5. The SMILES string of the molecule is Cc1c(-c2c[nH]c3ccccc23)n[nH]c1CCN. The molecule has 2 aromatic heterocycles. The lowest BCUT2D eigenvalue weighted by Crippen LogP contribution is -2.03. The molecule has 0 unspecified atom stereocenters. The molecule has 0 aliphatic heterocycles. The molecule has 0 fully saturated rings. The van der Waals surface area contributed by atoms with Crippen LogP contribution in [-0.2, 0) is 6.42 Å². The van der Waals surface area contributed by atoms with Gasteiger partial charge in [-0.2, -0.15) is 5.10 Å². The van der Waals surface area contributed by atoms with Crippen LogP contribution in [0.15, 0.2) is 30.5 Å². The van der Waals surface area contributed by atoms with Gasteiger partial charge in [0.2, 0.25) is 0 Å². The van der Waals surface area contributed by atoms with E-state index in [1.807, 2.05) is 18.3 Å². The number of hydrogen-bond acceptors (Lipinski definition) is 2. The van der Waals surface area contributed by atoms with E-state index in [0.717, 1.165) is 28.9 Å². The van der Waals surface area contributed by atoms with E-state index in [1.54, 1.807) is 0 Å². The maximum Gasteiger partial charge on any atom is 0.0974 e. The quantitative estimate of drug-likeness (QED) is 0.657. The van der Waals surface area contributed by atoms with Crippen molar-refractivity contribution < 1.29 is 0 Å². The first-order chi connectivity index (χ1) is 8.81. The van der Waals surface area contributed by atoms with Gasteiger partial charge in [0.25, 0.3) is 0 Å². The third-order valence-electron chi connectivity index (χ3n) is 3.35. The first-order valence-corrected chi connectivity index (χ1v) is 6.11. The number of aromatic amines is 2. The summed E-state index contributed by atoms with van der Waals surface area (Å²) in [6.07, 6.45) is 2.85. The molecule has 0 aliphatic rings. The molecule has 2 heterocycles.